The summed E-state index contributed by atoms with van der Waals surface area (Å²) in [5, 5.41) is 0.792. The topological polar surface area (TPSA) is 118 Å². The van der Waals surface area contributed by atoms with Gasteiger partial charge in [-0.25, -0.2) is 9.18 Å². The predicted octanol–water partition coefficient (Wildman–Crippen LogP) is 6.77. The Bertz CT molecular complexity index is 1690. The molecule has 5 rings (SSSR count). The Balaban J connectivity index is 1.39. The minimum atomic E-state index is -0.488. The Morgan fingerprint density at radius 2 is 1.98 bits per heavy atom. The van der Waals surface area contributed by atoms with Crippen molar-refractivity contribution in [2.45, 2.75) is 77.8 Å². The van der Waals surface area contributed by atoms with Crippen LogP contribution in [0.15, 0.2) is 58.4 Å². The van der Waals surface area contributed by atoms with Crippen LogP contribution in [0.5, 0.6) is 0 Å². The summed E-state index contributed by atoms with van der Waals surface area (Å²) in [6, 6.07) is 14.1. The lowest BCUT2D eigenvalue weighted by Crippen LogP contribution is -2.44. The fourth-order valence-corrected chi connectivity index (χ4v) is 6.80. The van der Waals surface area contributed by atoms with Gasteiger partial charge < -0.3 is 16.5 Å². The molecule has 1 saturated heterocycles. The summed E-state index contributed by atoms with van der Waals surface area (Å²) in [5.41, 5.74) is 15.6. The number of rotatable bonds is 12. The molecule has 4 aromatic rings. The highest BCUT2D eigenvalue weighted by atomic mass is 35.5. The van der Waals surface area contributed by atoms with Crippen LogP contribution >= 0.6 is 11.6 Å². The molecule has 1 aliphatic rings. The number of aromatic nitrogens is 3. The monoisotopic (exact) mass is 633 g/mol. The maximum atomic E-state index is 15.2. The second-order valence-corrected chi connectivity index (χ2v) is 13.0. The number of halogens is 2. The van der Waals surface area contributed by atoms with Crippen molar-refractivity contribution in [1.82, 2.24) is 19.4 Å². The van der Waals surface area contributed by atoms with E-state index in [4.69, 9.17) is 23.1 Å². The Morgan fingerprint density at radius 3 is 2.69 bits per heavy atom. The molecule has 0 unspecified atom stereocenters. The highest BCUT2D eigenvalue weighted by Gasteiger charge is 2.30. The molecule has 240 valence electrons. The number of aliphatic imine (C=N–C) groups is 1. The number of aryl methyl sites for hydroxylation is 1. The van der Waals surface area contributed by atoms with E-state index in [-0.39, 0.29) is 11.1 Å². The summed E-state index contributed by atoms with van der Waals surface area (Å²) >= 11 is 6.30. The number of H-pyrrole nitrogens is 1. The average Bonchev–Trinajstić information content (AvgIpc) is 3.41. The molecule has 5 N–H and O–H groups in total. The maximum absolute atomic E-state index is 15.2. The van der Waals surface area contributed by atoms with Crippen LogP contribution in [0, 0.1) is 11.7 Å². The Labute approximate surface area is 269 Å². The van der Waals surface area contributed by atoms with E-state index in [9.17, 15) is 4.79 Å². The van der Waals surface area contributed by atoms with Gasteiger partial charge in [-0.3, -0.25) is 14.5 Å². The molecule has 0 amide bonds. The van der Waals surface area contributed by atoms with Crippen LogP contribution in [-0.4, -0.2) is 50.9 Å². The third-order valence-electron chi connectivity index (χ3n) is 8.78. The standard InChI is InChI=1S/C35H45ClFN7O/c1-22(2)6-4-7-24-18-29(33(37)30(36)19-24)31-20-26-21-44(35(45)42-34(26)41-31)28-12-10-25(11-13-28)32-9-5-8-27(43(32)17-15-38)14-16-40-23(3)39/h10-13,18-22,27,32H,4-9,14-17,38H2,1-3H3,(H2,39,40)(H,41,42,45)/t27-,32-/m0/s1. The van der Waals surface area contributed by atoms with E-state index < -0.39 is 11.5 Å². The van der Waals surface area contributed by atoms with E-state index in [1.807, 2.05) is 31.2 Å². The number of amidine groups is 1. The number of nitrogens with two attached hydrogens (primary N) is 2. The lowest BCUT2D eigenvalue weighted by atomic mass is 9.89. The molecule has 2 atom stereocenters. The second-order valence-electron chi connectivity index (χ2n) is 12.6. The first-order valence-electron chi connectivity index (χ1n) is 16.1. The van der Waals surface area contributed by atoms with E-state index in [1.165, 1.54) is 10.1 Å². The quantitative estimate of drug-likeness (QED) is 0.117. The first-order chi connectivity index (χ1) is 21.6. The first kappa shape index (κ1) is 32.9. The van der Waals surface area contributed by atoms with Crippen LogP contribution in [0.4, 0.5) is 4.39 Å². The average molecular weight is 634 g/mol. The first-order valence-corrected chi connectivity index (χ1v) is 16.5. The predicted molar refractivity (Wildman–Crippen MR) is 183 cm³/mol. The summed E-state index contributed by atoms with van der Waals surface area (Å²) in [4.78, 5) is 27.5. The zero-order valence-corrected chi connectivity index (χ0v) is 27.3. The molecule has 10 heteroatoms. The summed E-state index contributed by atoms with van der Waals surface area (Å²) in [7, 11) is 0. The largest absolute Gasteiger partial charge is 0.388 e. The molecule has 0 aliphatic carbocycles. The van der Waals surface area contributed by atoms with Crippen molar-refractivity contribution in [2.24, 2.45) is 22.4 Å². The van der Waals surface area contributed by atoms with Gasteiger partial charge in [0.1, 0.15) is 5.65 Å². The molecule has 0 bridgehead atoms. The summed E-state index contributed by atoms with van der Waals surface area (Å²) in [6.45, 7) is 8.31. The van der Waals surface area contributed by atoms with E-state index in [2.05, 4.69) is 45.8 Å². The van der Waals surface area contributed by atoms with Gasteiger partial charge in [0, 0.05) is 48.9 Å². The summed E-state index contributed by atoms with van der Waals surface area (Å²) in [6.07, 6.45) is 8.90. The highest BCUT2D eigenvalue weighted by Crippen LogP contribution is 2.36. The Morgan fingerprint density at radius 1 is 1.20 bits per heavy atom. The van der Waals surface area contributed by atoms with Gasteiger partial charge in [-0.05, 0) is 92.8 Å². The fraction of sp³-hybridized carbons (Fsp3) is 0.457. The Hall–Kier alpha value is -3.53. The minimum Gasteiger partial charge on any atom is -0.388 e. The van der Waals surface area contributed by atoms with Gasteiger partial charge in [0.15, 0.2) is 5.82 Å². The van der Waals surface area contributed by atoms with Gasteiger partial charge in [0.2, 0.25) is 0 Å². The van der Waals surface area contributed by atoms with Crippen molar-refractivity contribution < 1.29 is 4.39 Å². The zero-order chi connectivity index (χ0) is 32.1. The highest BCUT2D eigenvalue weighted by molar-refractivity contribution is 6.31. The fourth-order valence-electron chi connectivity index (χ4n) is 6.56. The normalized spacial score (nSPS) is 17.9. The lowest BCUT2D eigenvalue weighted by Gasteiger charge is -2.42. The number of hydrogen-bond acceptors (Lipinski definition) is 5. The molecule has 3 heterocycles. The number of fused-ring (bicyclic) bond motifs is 1. The molecule has 1 fully saturated rings. The number of benzene rings is 2. The van der Waals surface area contributed by atoms with Crippen LogP contribution < -0.4 is 17.2 Å². The second kappa shape index (κ2) is 14.7. The molecule has 8 nitrogen and oxygen atoms in total. The number of hydrogen-bond donors (Lipinski definition) is 3. The number of nitrogens with one attached hydrogen (secondary N) is 1. The van der Waals surface area contributed by atoms with Crippen molar-refractivity contribution >= 4 is 28.5 Å². The van der Waals surface area contributed by atoms with Gasteiger partial charge in [0.25, 0.3) is 0 Å². The van der Waals surface area contributed by atoms with E-state index in [0.717, 1.165) is 57.1 Å². The number of likely N-dealkylation sites (tertiary alicyclic amines) is 1. The lowest BCUT2D eigenvalue weighted by molar-refractivity contribution is 0.0819. The van der Waals surface area contributed by atoms with Gasteiger partial charge >= 0.3 is 5.69 Å². The van der Waals surface area contributed by atoms with Gasteiger partial charge in [0.05, 0.1) is 22.2 Å². The Kier molecular flexibility index (Phi) is 10.7. The summed E-state index contributed by atoms with van der Waals surface area (Å²) in [5.74, 6) is 0.726. The van der Waals surface area contributed by atoms with Crippen LogP contribution in [0.2, 0.25) is 5.02 Å². The third kappa shape index (κ3) is 7.83. The van der Waals surface area contributed by atoms with Gasteiger partial charge in [-0.1, -0.05) is 44.0 Å². The molecule has 0 radical (unpaired) electrons. The minimum absolute atomic E-state index is 0.0896. The molecular weight excluding hydrogens is 589 g/mol. The van der Waals surface area contributed by atoms with Crippen molar-refractivity contribution in [3.63, 3.8) is 0 Å². The maximum Gasteiger partial charge on any atom is 0.354 e. The molecule has 1 aliphatic heterocycles. The van der Waals surface area contributed by atoms with Crippen molar-refractivity contribution in [3.8, 4) is 16.9 Å². The molecule has 0 spiro atoms. The van der Waals surface area contributed by atoms with Crippen LogP contribution in [0.3, 0.4) is 0 Å². The summed E-state index contributed by atoms with van der Waals surface area (Å²) < 4.78 is 16.7. The van der Waals surface area contributed by atoms with E-state index in [1.54, 1.807) is 12.3 Å². The number of aromatic amines is 1. The number of piperidine rings is 1. The zero-order valence-electron chi connectivity index (χ0n) is 26.5. The van der Waals surface area contributed by atoms with E-state index >= 15 is 4.39 Å². The SMILES string of the molecule is CC(N)=NCC[C@@H]1CCC[C@@H](c2ccc(-n3cc4cc(-c5cc(CCCC(C)C)cc(Cl)c5F)[nH]c4nc3=O)cc2)N1CCN. The van der Waals surface area contributed by atoms with Crippen LogP contribution in [0.25, 0.3) is 28.0 Å². The van der Waals surface area contributed by atoms with Crippen molar-refractivity contribution in [2.75, 3.05) is 19.6 Å². The van der Waals surface area contributed by atoms with Crippen molar-refractivity contribution in [1.29, 1.82) is 0 Å². The molecule has 0 saturated carbocycles. The molecule has 45 heavy (non-hydrogen) atoms. The van der Waals surface area contributed by atoms with Crippen LogP contribution in [0.1, 0.15) is 76.5 Å². The molecule has 2 aromatic heterocycles. The van der Waals surface area contributed by atoms with Crippen molar-refractivity contribution in [3.05, 3.63) is 81.1 Å². The van der Waals surface area contributed by atoms with Gasteiger partial charge in [-0.15, -0.1) is 0 Å². The molecular formula is C35H45ClFN7O. The number of nitrogens with zero attached hydrogens (tertiary/aromatic N) is 4. The van der Waals surface area contributed by atoms with Gasteiger partial charge in [-0.2, -0.15) is 4.98 Å². The molecule has 2 aromatic carbocycles. The smallest absolute Gasteiger partial charge is 0.354 e. The van der Waals surface area contributed by atoms with E-state index in [0.29, 0.717) is 58.9 Å². The third-order valence-corrected chi connectivity index (χ3v) is 9.06. The van der Waals surface area contributed by atoms with Crippen LogP contribution in [-0.2, 0) is 6.42 Å².